The number of aromatic nitrogens is 3. The van der Waals surface area contributed by atoms with Crippen LogP contribution in [0.1, 0.15) is 37.8 Å². The first-order valence-corrected chi connectivity index (χ1v) is 6.89. The van der Waals surface area contributed by atoms with Gasteiger partial charge in [0.25, 0.3) is 0 Å². The Kier molecular flexibility index (Phi) is 2.99. The summed E-state index contributed by atoms with van der Waals surface area (Å²) in [6, 6.07) is 0. The van der Waals surface area contributed by atoms with Crippen molar-refractivity contribution in [3.05, 3.63) is 11.9 Å². The van der Waals surface area contributed by atoms with E-state index in [2.05, 4.69) is 10.3 Å². The normalized spacial score (nSPS) is 25.9. The van der Waals surface area contributed by atoms with E-state index in [1.807, 2.05) is 6.20 Å². The summed E-state index contributed by atoms with van der Waals surface area (Å²) in [6.07, 6.45) is 4.62. The molecule has 3 rings (SSSR count). The highest BCUT2D eigenvalue weighted by atomic mass is 16.4. The molecule has 0 radical (unpaired) electrons. The van der Waals surface area contributed by atoms with Crippen LogP contribution in [0.25, 0.3) is 0 Å². The Bertz CT molecular complexity index is 552. The number of hydrogen-bond donors (Lipinski definition) is 1. The maximum Gasteiger partial charge on any atom is 0.311 e. The molecule has 2 heterocycles. The molecule has 20 heavy (non-hydrogen) atoms. The lowest BCUT2D eigenvalue weighted by Gasteiger charge is -2.20. The average Bonchev–Trinajstić information content (AvgIpc) is 3.01. The van der Waals surface area contributed by atoms with E-state index in [-0.39, 0.29) is 19.0 Å². The number of carbonyl (C=O) groups excluding carboxylic acids is 1. The van der Waals surface area contributed by atoms with Crippen LogP contribution in [-0.4, -0.2) is 50.0 Å². The van der Waals surface area contributed by atoms with E-state index in [0.717, 1.165) is 18.5 Å². The summed E-state index contributed by atoms with van der Waals surface area (Å²) in [5, 5.41) is 17.2. The Morgan fingerprint density at radius 3 is 2.85 bits per heavy atom. The molecule has 1 saturated carbocycles. The van der Waals surface area contributed by atoms with Gasteiger partial charge < -0.3 is 10.0 Å². The number of hydrogen-bond acceptors (Lipinski definition) is 4. The summed E-state index contributed by atoms with van der Waals surface area (Å²) in [7, 11) is 0. The van der Waals surface area contributed by atoms with Gasteiger partial charge in [-0.15, -0.1) is 5.10 Å². The van der Waals surface area contributed by atoms with Gasteiger partial charge in [0.1, 0.15) is 6.54 Å². The van der Waals surface area contributed by atoms with Crippen LogP contribution in [0.15, 0.2) is 6.20 Å². The Morgan fingerprint density at radius 2 is 2.25 bits per heavy atom. The first-order chi connectivity index (χ1) is 9.48. The highest BCUT2D eigenvalue weighted by Gasteiger charge is 2.42. The van der Waals surface area contributed by atoms with Crippen LogP contribution < -0.4 is 0 Å². The van der Waals surface area contributed by atoms with Crippen molar-refractivity contribution >= 4 is 11.9 Å². The van der Waals surface area contributed by atoms with Crippen LogP contribution in [0.5, 0.6) is 0 Å². The van der Waals surface area contributed by atoms with E-state index >= 15 is 0 Å². The van der Waals surface area contributed by atoms with Crippen molar-refractivity contribution in [3.8, 4) is 0 Å². The molecule has 1 amide bonds. The van der Waals surface area contributed by atoms with E-state index in [4.69, 9.17) is 5.11 Å². The van der Waals surface area contributed by atoms with Gasteiger partial charge >= 0.3 is 5.97 Å². The van der Waals surface area contributed by atoms with Gasteiger partial charge in [-0.1, -0.05) is 5.21 Å². The van der Waals surface area contributed by atoms with E-state index in [0.29, 0.717) is 18.9 Å². The molecule has 108 valence electrons. The van der Waals surface area contributed by atoms with Gasteiger partial charge in [-0.2, -0.15) is 0 Å². The number of carboxylic acids is 1. The Balaban J connectivity index is 1.60. The summed E-state index contributed by atoms with van der Waals surface area (Å²) in [6.45, 7) is 2.58. The lowest BCUT2D eigenvalue weighted by Crippen LogP contribution is -2.36. The maximum atomic E-state index is 12.2. The smallest absolute Gasteiger partial charge is 0.311 e. The first-order valence-electron chi connectivity index (χ1n) is 6.89. The van der Waals surface area contributed by atoms with Gasteiger partial charge in [-0.25, -0.2) is 4.68 Å². The number of rotatable bonds is 4. The highest BCUT2D eigenvalue weighted by molar-refractivity contribution is 5.80. The number of carbonyl (C=O) groups is 2. The van der Waals surface area contributed by atoms with Gasteiger partial charge in [-0.3, -0.25) is 9.59 Å². The predicted octanol–water partition coefficient (Wildman–Crippen LogP) is 0.479. The van der Waals surface area contributed by atoms with E-state index < -0.39 is 11.4 Å². The maximum absolute atomic E-state index is 12.2. The predicted molar refractivity (Wildman–Crippen MR) is 68.9 cm³/mol. The molecule has 2 aliphatic rings. The lowest BCUT2D eigenvalue weighted by atomic mass is 9.90. The van der Waals surface area contributed by atoms with Crippen LogP contribution in [-0.2, 0) is 16.1 Å². The minimum Gasteiger partial charge on any atom is -0.481 e. The minimum absolute atomic E-state index is 0.0952. The number of aliphatic carboxylic acids is 1. The largest absolute Gasteiger partial charge is 0.481 e. The molecule has 1 N–H and O–H groups in total. The number of carboxylic acid groups (broad SMARTS) is 1. The van der Waals surface area contributed by atoms with E-state index in [9.17, 15) is 9.59 Å². The van der Waals surface area contributed by atoms with Crippen molar-refractivity contribution in [1.29, 1.82) is 0 Å². The summed E-state index contributed by atoms with van der Waals surface area (Å²) in [4.78, 5) is 24.9. The fraction of sp³-hybridized carbons (Fsp3) is 0.692. The summed E-state index contributed by atoms with van der Waals surface area (Å²) < 4.78 is 1.55. The molecule has 1 aliphatic carbocycles. The van der Waals surface area contributed by atoms with E-state index in [1.165, 1.54) is 0 Å². The molecule has 1 aromatic heterocycles. The molecular formula is C13H18N4O3. The first kappa shape index (κ1) is 13.1. The quantitative estimate of drug-likeness (QED) is 0.865. The zero-order valence-corrected chi connectivity index (χ0v) is 11.4. The SMILES string of the molecule is C[C@]1(C(=O)O)CCN(C(=O)Cn2cc(C3CC3)nn2)C1. The number of likely N-dealkylation sites (tertiary alicyclic amines) is 1. The average molecular weight is 278 g/mol. The second-order valence-corrected chi connectivity index (χ2v) is 6.05. The minimum atomic E-state index is -0.843. The van der Waals surface area contributed by atoms with E-state index in [1.54, 1.807) is 16.5 Å². The number of nitrogens with zero attached hydrogens (tertiary/aromatic N) is 4. The van der Waals surface area contributed by atoms with Gasteiger partial charge in [0.2, 0.25) is 5.91 Å². The molecule has 0 bridgehead atoms. The summed E-state index contributed by atoms with van der Waals surface area (Å²) in [5.41, 5.74) is 0.131. The topological polar surface area (TPSA) is 88.3 Å². The molecule has 1 aromatic rings. The molecule has 2 fully saturated rings. The summed E-state index contributed by atoms with van der Waals surface area (Å²) in [5.74, 6) is -0.423. The van der Waals surface area contributed by atoms with Gasteiger partial charge in [0, 0.05) is 25.2 Å². The molecule has 1 atom stereocenters. The van der Waals surface area contributed by atoms with Crippen LogP contribution in [0.3, 0.4) is 0 Å². The molecule has 0 aromatic carbocycles. The Hall–Kier alpha value is -1.92. The van der Waals surface area contributed by atoms with Crippen LogP contribution in [0.4, 0.5) is 0 Å². The second-order valence-electron chi connectivity index (χ2n) is 6.05. The zero-order valence-electron chi connectivity index (χ0n) is 11.4. The standard InChI is InChI=1S/C13H18N4O3/c1-13(12(19)20)4-5-16(8-13)11(18)7-17-6-10(14-15-17)9-2-3-9/h6,9H,2-5,7-8H2,1H3,(H,19,20)/t13-/m0/s1. The molecular weight excluding hydrogens is 260 g/mol. The molecule has 7 nitrogen and oxygen atoms in total. The van der Waals surface area contributed by atoms with Crippen molar-refractivity contribution in [2.75, 3.05) is 13.1 Å². The molecule has 0 unspecified atom stereocenters. The highest BCUT2D eigenvalue weighted by Crippen LogP contribution is 2.38. The molecule has 1 saturated heterocycles. The Labute approximate surface area is 116 Å². The third-order valence-electron chi connectivity index (χ3n) is 4.19. The third kappa shape index (κ3) is 2.39. The zero-order chi connectivity index (χ0) is 14.3. The second kappa shape index (κ2) is 4.57. The van der Waals surface area contributed by atoms with Crippen LogP contribution in [0.2, 0.25) is 0 Å². The van der Waals surface area contributed by atoms with Crippen LogP contribution in [0, 0.1) is 5.41 Å². The van der Waals surface area contributed by atoms with Crippen molar-refractivity contribution in [3.63, 3.8) is 0 Å². The molecule has 0 spiro atoms. The van der Waals surface area contributed by atoms with Gasteiger partial charge in [0.15, 0.2) is 0 Å². The lowest BCUT2D eigenvalue weighted by molar-refractivity contribution is -0.147. The Morgan fingerprint density at radius 1 is 1.50 bits per heavy atom. The van der Waals surface area contributed by atoms with Gasteiger partial charge in [-0.05, 0) is 26.2 Å². The summed E-state index contributed by atoms with van der Waals surface area (Å²) >= 11 is 0. The van der Waals surface area contributed by atoms with Crippen molar-refractivity contribution in [2.45, 2.75) is 38.6 Å². The third-order valence-corrected chi connectivity index (χ3v) is 4.19. The fourth-order valence-corrected chi connectivity index (χ4v) is 2.54. The number of amides is 1. The van der Waals surface area contributed by atoms with Crippen molar-refractivity contribution < 1.29 is 14.7 Å². The monoisotopic (exact) mass is 278 g/mol. The van der Waals surface area contributed by atoms with Gasteiger partial charge in [0.05, 0.1) is 11.1 Å². The molecule has 1 aliphatic heterocycles. The van der Waals surface area contributed by atoms with Crippen molar-refractivity contribution in [1.82, 2.24) is 19.9 Å². The fourth-order valence-electron chi connectivity index (χ4n) is 2.54. The van der Waals surface area contributed by atoms with Crippen LogP contribution >= 0.6 is 0 Å². The molecule has 7 heteroatoms. The van der Waals surface area contributed by atoms with Crippen molar-refractivity contribution in [2.24, 2.45) is 5.41 Å².